The molecule has 0 saturated heterocycles. The first kappa shape index (κ1) is 33.7. The van der Waals surface area contributed by atoms with Gasteiger partial charge in [-0.05, 0) is 115 Å². The molecule has 0 saturated carbocycles. The Balaban J connectivity index is 1.15. The Morgan fingerprint density at radius 3 is 2.60 bits per heavy atom. The van der Waals surface area contributed by atoms with E-state index in [0.29, 0.717) is 24.6 Å². The first-order valence-corrected chi connectivity index (χ1v) is 18.8. The molecule has 1 aliphatic rings. The minimum Gasteiger partial charge on any atom is -0.387 e. The molecule has 0 spiro atoms. The molecule has 48 heavy (non-hydrogen) atoms. The summed E-state index contributed by atoms with van der Waals surface area (Å²) in [6.07, 6.45) is 10.8. The van der Waals surface area contributed by atoms with Gasteiger partial charge in [0.25, 0.3) is 10.0 Å². The summed E-state index contributed by atoms with van der Waals surface area (Å²) in [5, 5.41) is 18.5. The topological polar surface area (TPSA) is 110 Å². The molecule has 1 unspecified atom stereocenters. The first-order chi connectivity index (χ1) is 23.4. The largest absolute Gasteiger partial charge is 0.387 e. The molecule has 2 aromatic heterocycles. The van der Waals surface area contributed by atoms with Gasteiger partial charge in [0.1, 0.15) is 5.82 Å². The number of aliphatic hydroxyl groups excluding tert-OH is 1. The molecule has 0 aliphatic carbocycles. The molecule has 1 aliphatic heterocycles. The number of benzene rings is 3. The summed E-state index contributed by atoms with van der Waals surface area (Å²) in [6, 6.07) is 26.7. The molecule has 1 atom stereocenters. The molecule has 0 amide bonds. The van der Waals surface area contributed by atoms with Crippen molar-refractivity contribution in [1.29, 1.82) is 0 Å². The fourth-order valence-corrected chi connectivity index (χ4v) is 7.90. The second-order valence-corrected chi connectivity index (χ2v) is 14.5. The number of nitrogens with one attached hydrogen (secondary N) is 3. The number of fused-ring (bicyclic) bond motifs is 2. The molecule has 5 aromatic rings. The lowest BCUT2D eigenvalue weighted by atomic mass is 10.1. The van der Waals surface area contributed by atoms with Crippen molar-refractivity contribution in [2.75, 3.05) is 29.3 Å². The maximum Gasteiger partial charge on any atom is 0.269 e. The van der Waals surface area contributed by atoms with Crippen LogP contribution >= 0.6 is 0 Å². The first-order valence-electron chi connectivity index (χ1n) is 17.4. The van der Waals surface area contributed by atoms with E-state index in [4.69, 9.17) is 4.98 Å². The lowest BCUT2D eigenvalue weighted by Crippen LogP contribution is -2.27. The van der Waals surface area contributed by atoms with E-state index in [2.05, 4.69) is 22.5 Å². The molecule has 3 heterocycles. The van der Waals surface area contributed by atoms with Crippen LogP contribution in [0.4, 0.5) is 17.2 Å². The summed E-state index contributed by atoms with van der Waals surface area (Å²) >= 11 is 0. The Labute approximate surface area is 284 Å². The Morgan fingerprint density at radius 1 is 0.917 bits per heavy atom. The minimum absolute atomic E-state index is 0.260. The number of aliphatic hydroxyl groups is 1. The normalized spacial score (nSPS) is 13.4. The van der Waals surface area contributed by atoms with Gasteiger partial charge in [-0.25, -0.2) is 17.7 Å². The van der Waals surface area contributed by atoms with E-state index >= 15 is 0 Å². The molecule has 0 radical (unpaired) electrons. The number of rotatable bonds is 17. The summed E-state index contributed by atoms with van der Waals surface area (Å²) in [6.45, 7) is 4.15. The lowest BCUT2D eigenvalue weighted by molar-refractivity contribution is 0.175. The number of sulfonamides is 1. The molecular weight excluding hydrogens is 619 g/mol. The van der Waals surface area contributed by atoms with E-state index < -0.39 is 16.1 Å². The van der Waals surface area contributed by atoms with Crippen molar-refractivity contribution in [3.8, 4) is 0 Å². The van der Waals surface area contributed by atoms with Crippen molar-refractivity contribution in [2.24, 2.45) is 0 Å². The molecule has 8 nitrogen and oxygen atoms in total. The Bertz CT molecular complexity index is 1900. The quantitative estimate of drug-likeness (QED) is 0.0754. The van der Waals surface area contributed by atoms with Crippen molar-refractivity contribution >= 4 is 38.1 Å². The smallest absolute Gasteiger partial charge is 0.269 e. The number of nitrogens with zero attached hydrogens (tertiary/aromatic N) is 2. The third-order valence-electron chi connectivity index (χ3n) is 9.17. The number of aromatic amines is 1. The molecule has 3 aromatic carbocycles. The summed E-state index contributed by atoms with van der Waals surface area (Å²) in [4.78, 5) is 8.32. The van der Waals surface area contributed by atoms with E-state index in [-0.39, 0.29) is 4.90 Å². The van der Waals surface area contributed by atoms with E-state index in [1.807, 2.05) is 72.9 Å². The van der Waals surface area contributed by atoms with Gasteiger partial charge < -0.3 is 20.7 Å². The van der Waals surface area contributed by atoms with Crippen molar-refractivity contribution in [1.82, 2.24) is 15.3 Å². The molecular formula is C39H47N5O3S. The predicted molar refractivity (Wildman–Crippen MR) is 196 cm³/mol. The number of unbranched alkanes of at least 4 members (excludes halogenated alkanes) is 5. The molecule has 0 fully saturated rings. The van der Waals surface area contributed by atoms with E-state index in [1.54, 1.807) is 18.2 Å². The van der Waals surface area contributed by atoms with Crippen molar-refractivity contribution < 1.29 is 13.5 Å². The second kappa shape index (κ2) is 15.8. The molecule has 4 N–H and O–H groups in total. The highest BCUT2D eigenvalue weighted by Crippen LogP contribution is 2.34. The number of H-pyrrole nitrogens is 1. The van der Waals surface area contributed by atoms with Crippen LogP contribution < -0.4 is 14.9 Å². The number of pyridine rings is 1. The van der Waals surface area contributed by atoms with Crippen LogP contribution in [0.25, 0.3) is 10.9 Å². The van der Waals surface area contributed by atoms with Gasteiger partial charge >= 0.3 is 0 Å². The monoisotopic (exact) mass is 665 g/mol. The zero-order valence-corrected chi connectivity index (χ0v) is 28.6. The van der Waals surface area contributed by atoms with Crippen molar-refractivity contribution in [3.05, 3.63) is 114 Å². The van der Waals surface area contributed by atoms with Crippen LogP contribution in [0.5, 0.6) is 0 Å². The summed E-state index contributed by atoms with van der Waals surface area (Å²) in [7, 11) is -3.96. The van der Waals surface area contributed by atoms with Crippen LogP contribution in [-0.4, -0.2) is 43.1 Å². The lowest BCUT2D eigenvalue weighted by Gasteiger charge is -2.24. The summed E-state index contributed by atoms with van der Waals surface area (Å²) in [5.41, 5.74) is 6.45. The van der Waals surface area contributed by atoms with Crippen LogP contribution in [-0.2, 0) is 29.3 Å². The van der Waals surface area contributed by atoms with Gasteiger partial charge in [-0.15, -0.1) is 0 Å². The van der Waals surface area contributed by atoms with Gasteiger partial charge in [0.2, 0.25) is 0 Å². The Kier molecular flexibility index (Phi) is 11.1. The van der Waals surface area contributed by atoms with Gasteiger partial charge in [-0.2, -0.15) is 0 Å². The number of aromatic nitrogens is 2. The number of aryl methyl sites for hydroxylation is 1. The number of hydrogen-bond acceptors (Lipinski definition) is 6. The van der Waals surface area contributed by atoms with Gasteiger partial charge in [0.15, 0.2) is 0 Å². The molecule has 6 rings (SSSR count). The van der Waals surface area contributed by atoms with Gasteiger partial charge in [-0.3, -0.25) is 0 Å². The highest BCUT2D eigenvalue weighted by atomic mass is 32.2. The standard InChI is InChI=1S/C39H47N5O3S/c1-2-3-4-5-6-7-9-33-10-8-11-39(43-33)44(48(46,47)35-17-19-37-31(27-35)22-25-42-37)34-15-12-29(13-16-34)20-23-40-28-38(45)32-14-18-36-30(26-32)21-24-41-36/h8,10-19,21,24,26-27,38,40-42,45H,2-7,9,20,22-23,25,28H2,1H3. The molecule has 252 valence electrons. The van der Waals surface area contributed by atoms with Crippen molar-refractivity contribution in [3.63, 3.8) is 0 Å². The summed E-state index contributed by atoms with van der Waals surface area (Å²) in [5.74, 6) is 0.401. The molecule has 0 bridgehead atoms. The summed E-state index contributed by atoms with van der Waals surface area (Å²) < 4.78 is 30.1. The highest BCUT2D eigenvalue weighted by Gasteiger charge is 2.29. The fraction of sp³-hybridized carbons (Fsp3) is 0.359. The predicted octanol–water partition coefficient (Wildman–Crippen LogP) is 7.83. The van der Waals surface area contributed by atoms with Crippen LogP contribution in [0.3, 0.4) is 0 Å². The average Bonchev–Trinajstić information content (AvgIpc) is 3.78. The third kappa shape index (κ3) is 8.09. The third-order valence-corrected chi connectivity index (χ3v) is 10.9. The highest BCUT2D eigenvalue weighted by molar-refractivity contribution is 7.93. The van der Waals surface area contributed by atoms with E-state index in [9.17, 15) is 13.5 Å². The van der Waals surface area contributed by atoms with E-state index in [0.717, 1.165) is 77.6 Å². The number of hydrogen-bond donors (Lipinski definition) is 4. The zero-order chi connectivity index (χ0) is 33.3. The fourth-order valence-electron chi connectivity index (χ4n) is 6.41. The SMILES string of the molecule is CCCCCCCCc1cccc(N(c2ccc(CCNCC(O)c3ccc4[nH]ccc4c3)cc2)S(=O)(=O)c2ccc3c(c2)CCN3)n1. The maximum atomic E-state index is 14.4. The number of anilines is 3. The van der Waals surface area contributed by atoms with Crippen molar-refractivity contribution in [2.45, 2.75) is 75.7 Å². The van der Waals surface area contributed by atoms with Gasteiger partial charge in [0, 0.05) is 36.2 Å². The van der Waals surface area contributed by atoms with Crippen LogP contribution in [0.1, 0.15) is 73.9 Å². The zero-order valence-electron chi connectivity index (χ0n) is 27.8. The Morgan fingerprint density at radius 2 is 1.75 bits per heavy atom. The maximum absolute atomic E-state index is 14.4. The van der Waals surface area contributed by atoms with Gasteiger partial charge in [-0.1, -0.05) is 63.3 Å². The second-order valence-electron chi connectivity index (χ2n) is 12.7. The minimum atomic E-state index is -3.96. The van der Waals surface area contributed by atoms with Crippen LogP contribution in [0, 0.1) is 0 Å². The van der Waals surface area contributed by atoms with Crippen LogP contribution in [0.2, 0.25) is 0 Å². The van der Waals surface area contributed by atoms with E-state index in [1.165, 1.54) is 30.0 Å². The Hall–Kier alpha value is -4.18. The van der Waals surface area contributed by atoms with Gasteiger partial charge in [0.05, 0.1) is 16.7 Å². The van der Waals surface area contributed by atoms with Crippen LogP contribution in [0.15, 0.2) is 96.0 Å². The average molecular weight is 666 g/mol. The molecule has 9 heteroatoms.